The average molecular weight is 830 g/mol. The number of aromatic nitrogens is 1. The molecule has 17 heteroatoms. The number of carbonyl (C=O) groups is 3. The van der Waals surface area contributed by atoms with Crippen molar-refractivity contribution in [2.75, 3.05) is 33.0 Å². The van der Waals surface area contributed by atoms with Crippen LogP contribution in [0.2, 0.25) is 0 Å². The van der Waals surface area contributed by atoms with Crippen LogP contribution in [0.15, 0.2) is 32.8 Å². The summed E-state index contributed by atoms with van der Waals surface area (Å²) in [5, 5.41) is 28.5. The number of Topliss-reactive ketones (excluding diaryl/α,β-unsaturated/α-hetero) is 1. The molecule has 3 saturated heterocycles. The zero-order valence-corrected chi connectivity index (χ0v) is 36.2. The number of rotatable bonds is 7. The molecule has 1 aromatic heterocycles. The van der Waals surface area contributed by atoms with Crippen molar-refractivity contribution < 1.29 is 57.5 Å². The number of ether oxygens (including phenoxy) is 5. The normalized spacial score (nSPS) is 38.2. The predicted octanol–water partition coefficient (Wildman–Crippen LogP) is 3.85. The van der Waals surface area contributed by atoms with Gasteiger partial charge < -0.3 is 53.8 Å². The van der Waals surface area contributed by atoms with Crippen LogP contribution in [0.4, 0.5) is 6.01 Å². The Balaban J connectivity index is 1.66. The number of benzene rings is 1. The van der Waals surface area contributed by atoms with E-state index in [1.165, 1.54) is 20.8 Å². The summed E-state index contributed by atoms with van der Waals surface area (Å²) in [7, 11) is 3.72. The van der Waals surface area contributed by atoms with Gasteiger partial charge in [0.1, 0.15) is 41.6 Å². The van der Waals surface area contributed by atoms with Crippen molar-refractivity contribution in [3.63, 3.8) is 0 Å². The molecule has 1 aromatic carbocycles. The molecule has 5 rings (SSSR count). The monoisotopic (exact) mass is 829 g/mol. The molecule has 4 heterocycles. The van der Waals surface area contributed by atoms with Gasteiger partial charge in [-0.25, -0.2) is 4.99 Å². The number of oxazole rings is 1. The molecule has 0 saturated carbocycles. The Morgan fingerprint density at radius 1 is 1.10 bits per heavy atom. The lowest BCUT2D eigenvalue weighted by atomic mass is 9.73. The molecule has 4 N–H and O–H groups in total. The highest BCUT2D eigenvalue weighted by Gasteiger charge is 2.53. The number of aliphatic hydroxyl groups excluding tert-OH is 1. The van der Waals surface area contributed by atoms with Crippen molar-refractivity contribution in [3.8, 4) is 0 Å². The number of likely N-dealkylation sites (N-methyl/N-ethyl adjacent to an activating group) is 1. The summed E-state index contributed by atoms with van der Waals surface area (Å²) in [5.41, 5.74) is 4.93. The topological polar surface area (TPSA) is 227 Å². The third-order valence-electron chi connectivity index (χ3n) is 12.0. The Kier molecular flexibility index (Phi) is 14.8. The number of aliphatic hydroxyl groups is 2. The first-order chi connectivity index (χ1) is 27.7. The Bertz CT molecular complexity index is 1880. The largest absolute Gasteiger partial charge is 0.459 e. The summed E-state index contributed by atoms with van der Waals surface area (Å²) in [6.45, 7) is 14.7. The fraction of sp³-hybridized carbons (Fsp3) is 0.714. The molecule has 3 fully saturated rings. The minimum atomic E-state index is -1.86. The maximum Gasteiger partial charge on any atom is 0.316 e. The minimum Gasteiger partial charge on any atom is -0.459 e. The maximum atomic E-state index is 14.5. The van der Waals surface area contributed by atoms with E-state index < -0.39 is 83.2 Å². The second kappa shape index (κ2) is 18.8. The maximum absolute atomic E-state index is 14.5. The molecular formula is C42H63N5O12. The summed E-state index contributed by atoms with van der Waals surface area (Å²) >= 11 is 0. The molecule has 3 aliphatic heterocycles. The number of cyclic esters (lactones) is 1. The highest BCUT2D eigenvalue weighted by atomic mass is 16.7. The standard InChI is InChI=1S/C42H63N5O12/c1-12-32-42(9,52)37-23(4)33(44-26(7)48)21(2)17-41(8,54-20-28(19-53-37)46-55-18-27-13-14-31-29(16-27)45-40(43)57-31)36(24(5)34(49)25(6)38(51)58-32)59-39-35(50)30(47(10)11)15-22(3)56-39/h13-14,16,21-25,30,32,35-37,39,50,52H,12,15,17-20H2,1-11H3,(H2,43,45)/b44-33+,46-28?/t21-,22-,23+,24+,25-,30+,32-,35-,36-,37-,39+,41-,42-/m1/s1. The van der Waals surface area contributed by atoms with Gasteiger partial charge in [-0.3, -0.25) is 14.4 Å². The lowest BCUT2D eigenvalue weighted by molar-refractivity contribution is -0.296. The first kappa shape index (κ1) is 46.2. The van der Waals surface area contributed by atoms with E-state index in [2.05, 4.69) is 15.1 Å². The molecule has 2 bridgehead atoms. The van der Waals surface area contributed by atoms with E-state index in [9.17, 15) is 24.6 Å². The van der Waals surface area contributed by atoms with E-state index in [0.29, 0.717) is 23.2 Å². The summed E-state index contributed by atoms with van der Waals surface area (Å²) in [4.78, 5) is 57.6. The molecule has 0 aliphatic carbocycles. The van der Waals surface area contributed by atoms with Crippen LogP contribution in [0.5, 0.6) is 0 Å². The van der Waals surface area contributed by atoms with Crippen LogP contribution in [-0.4, -0.2) is 131 Å². The highest BCUT2D eigenvalue weighted by molar-refractivity contribution is 6.00. The first-order valence-corrected chi connectivity index (χ1v) is 20.5. The quantitative estimate of drug-likeness (QED) is 0.205. The Morgan fingerprint density at radius 2 is 1.81 bits per heavy atom. The SMILES string of the molecule is CC[C@H]1OC(=O)[C@H](C)C(=O)[C@H](C)[C@@H](O[C@@H]2O[C@H](C)C[C@H](N(C)C)[C@H]2O)[C@@]2(C)C[C@@H](C)/C(=N\C(C)=O)[C@H](C)[C@@H](OCC(=NOCc3ccc4oc(N)nc4c3)CO2)[C@]1(C)O. The average Bonchev–Trinajstić information content (AvgIpc) is 3.54. The van der Waals surface area contributed by atoms with Gasteiger partial charge >= 0.3 is 5.97 Å². The van der Waals surface area contributed by atoms with Gasteiger partial charge in [-0.05, 0) is 84.7 Å². The first-order valence-electron chi connectivity index (χ1n) is 20.5. The number of amides is 1. The van der Waals surface area contributed by atoms with E-state index in [4.69, 9.17) is 38.7 Å². The van der Waals surface area contributed by atoms with E-state index in [1.807, 2.05) is 32.8 Å². The number of carbonyl (C=O) groups excluding carboxylic acids is 3. The smallest absolute Gasteiger partial charge is 0.316 e. The second-order valence-electron chi connectivity index (χ2n) is 17.2. The van der Waals surface area contributed by atoms with Crippen molar-refractivity contribution >= 4 is 46.2 Å². The van der Waals surface area contributed by atoms with Gasteiger partial charge in [-0.1, -0.05) is 38.9 Å². The summed E-state index contributed by atoms with van der Waals surface area (Å²) in [5.74, 6) is -5.38. The van der Waals surface area contributed by atoms with Crippen LogP contribution >= 0.6 is 0 Å². The molecule has 328 valence electrons. The predicted molar refractivity (Wildman–Crippen MR) is 217 cm³/mol. The van der Waals surface area contributed by atoms with Crippen LogP contribution in [0.1, 0.15) is 87.1 Å². The third-order valence-corrected chi connectivity index (χ3v) is 12.0. The van der Waals surface area contributed by atoms with Gasteiger partial charge in [-0.15, -0.1) is 0 Å². The third kappa shape index (κ3) is 10.4. The van der Waals surface area contributed by atoms with Crippen molar-refractivity contribution in [2.24, 2.45) is 33.8 Å². The van der Waals surface area contributed by atoms with Crippen LogP contribution in [0.3, 0.4) is 0 Å². The van der Waals surface area contributed by atoms with Gasteiger partial charge in [0, 0.05) is 30.5 Å². The Hall–Kier alpha value is -3.84. The van der Waals surface area contributed by atoms with Gasteiger partial charge in [-0.2, -0.15) is 4.98 Å². The molecule has 59 heavy (non-hydrogen) atoms. The number of hydrogen-bond acceptors (Lipinski definition) is 16. The highest BCUT2D eigenvalue weighted by Crippen LogP contribution is 2.40. The molecule has 17 nitrogen and oxygen atoms in total. The summed E-state index contributed by atoms with van der Waals surface area (Å²) < 4.78 is 37.8. The van der Waals surface area contributed by atoms with Crippen LogP contribution in [0, 0.1) is 23.7 Å². The van der Waals surface area contributed by atoms with Crippen LogP contribution < -0.4 is 5.73 Å². The molecule has 1 amide bonds. The van der Waals surface area contributed by atoms with Crippen molar-refractivity contribution in [1.29, 1.82) is 0 Å². The molecular weight excluding hydrogens is 766 g/mol. The lowest BCUT2D eigenvalue weighted by Crippen LogP contribution is -2.60. The molecule has 0 spiro atoms. The van der Waals surface area contributed by atoms with Gasteiger partial charge in [0.15, 0.2) is 17.7 Å². The fourth-order valence-electron chi connectivity index (χ4n) is 8.88. The van der Waals surface area contributed by atoms with E-state index in [0.717, 1.165) is 5.56 Å². The fourth-order valence-corrected chi connectivity index (χ4v) is 8.88. The molecule has 2 aromatic rings. The number of fused-ring (bicyclic) bond motifs is 6. The number of ketones is 1. The minimum absolute atomic E-state index is 0.0264. The summed E-state index contributed by atoms with van der Waals surface area (Å²) in [6.07, 6.45) is -5.20. The number of esters is 1. The second-order valence-corrected chi connectivity index (χ2v) is 17.2. The number of oxime groups is 1. The summed E-state index contributed by atoms with van der Waals surface area (Å²) in [6, 6.07) is 4.99. The van der Waals surface area contributed by atoms with E-state index >= 15 is 0 Å². The number of aliphatic imine (C=N–C) groups is 1. The number of nitrogens with two attached hydrogens (primary N) is 1. The number of hydrogen-bond donors (Lipinski definition) is 3. The van der Waals surface area contributed by atoms with Crippen molar-refractivity contribution in [2.45, 2.75) is 142 Å². The van der Waals surface area contributed by atoms with E-state index in [-0.39, 0.29) is 56.5 Å². The van der Waals surface area contributed by atoms with Crippen molar-refractivity contribution in [1.82, 2.24) is 9.88 Å². The zero-order valence-electron chi connectivity index (χ0n) is 36.2. The molecule has 0 unspecified atom stereocenters. The Morgan fingerprint density at radius 3 is 2.47 bits per heavy atom. The number of anilines is 1. The van der Waals surface area contributed by atoms with Gasteiger partial charge in [0.05, 0.1) is 37.1 Å². The van der Waals surface area contributed by atoms with Crippen molar-refractivity contribution in [3.05, 3.63) is 23.8 Å². The van der Waals surface area contributed by atoms with Crippen LogP contribution in [-0.2, 0) is 49.5 Å². The zero-order chi connectivity index (χ0) is 43.6. The molecule has 0 radical (unpaired) electrons. The Labute approximate surface area is 345 Å². The molecule has 13 atom stereocenters. The number of nitrogens with zero attached hydrogens (tertiary/aromatic N) is 4. The van der Waals surface area contributed by atoms with Gasteiger partial charge in [0.25, 0.3) is 6.01 Å². The lowest BCUT2D eigenvalue weighted by Gasteiger charge is -2.47. The number of nitrogen functional groups attached to an aromatic ring is 1. The van der Waals surface area contributed by atoms with Crippen LogP contribution in [0.25, 0.3) is 11.1 Å². The molecule has 3 aliphatic rings. The van der Waals surface area contributed by atoms with Gasteiger partial charge in [0.2, 0.25) is 5.91 Å². The van der Waals surface area contributed by atoms with E-state index in [1.54, 1.807) is 45.9 Å².